The number of aromatic hydroxyl groups is 1. The number of carbonyl (C=O) groups is 1. The largest absolute Gasteiger partial charge is 0.507 e. The van der Waals surface area contributed by atoms with E-state index >= 15 is 0 Å². The zero-order valence-corrected chi connectivity index (χ0v) is 11.2. The number of phenolic OH excluding ortho intramolecular Hbond substituents is 1. The van der Waals surface area contributed by atoms with Crippen LogP contribution in [0.1, 0.15) is 16.1 Å². The first-order valence-electron chi connectivity index (χ1n) is 5.63. The number of phenols is 1. The molecule has 1 amide bonds. The van der Waals surface area contributed by atoms with Crippen LogP contribution in [-0.4, -0.2) is 16.0 Å². The molecule has 2 rings (SSSR count). The maximum Gasteiger partial charge on any atom is 0.433 e. The number of hydrogen-bond donors (Lipinski definition) is 2. The Morgan fingerprint density at radius 3 is 2.43 bits per heavy atom. The quantitative estimate of drug-likeness (QED) is 0.913. The number of amides is 1. The fourth-order valence-electron chi connectivity index (χ4n) is 1.51. The van der Waals surface area contributed by atoms with E-state index in [0.29, 0.717) is 6.07 Å². The van der Waals surface area contributed by atoms with Gasteiger partial charge in [-0.3, -0.25) is 4.79 Å². The molecule has 8 heteroatoms. The minimum absolute atomic E-state index is 0.128. The molecule has 2 aromatic rings. The number of aromatic nitrogens is 1. The van der Waals surface area contributed by atoms with E-state index in [1.165, 1.54) is 12.1 Å². The van der Waals surface area contributed by atoms with Gasteiger partial charge in [-0.05, 0) is 24.3 Å². The fraction of sp³-hybridized carbons (Fsp3) is 0.0769. The van der Waals surface area contributed by atoms with Crippen LogP contribution in [-0.2, 0) is 6.18 Å². The van der Waals surface area contributed by atoms with Gasteiger partial charge in [-0.1, -0.05) is 23.9 Å². The lowest BCUT2D eigenvalue weighted by Gasteiger charge is -2.11. The first-order valence-corrected chi connectivity index (χ1v) is 6.44. The van der Waals surface area contributed by atoms with Crippen LogP contribution >= 0.6 is 11.8 Å². The van der Waals surface area contributed by atoms with Gasteiger partial charge in [0.25, 0.3) is 5.91 Å². The summed E-state index contributed by atoms with van der Waals surface area (Å²) in [6.45, 7) is 0. The average Bonchev–Trinajstić information content (AvgIpc) is 2.40. The molecular formula is C13H9F3N2O2S. The van der Waals surface area contributed by atoms with Crippen LogP contribution in [0.2, 0.25) is 0 Å². The Morgan fingerprint density at radius 2 is 1.86 bits per heavy atom. The number of nitrogens with two attached hydrogens (primary N) is 1. The third-order valence-electron chi connectivity index (χ3n) is 2.49. The molecule has 110 valence electrons. The molecule has 0 fully saturated rings. The normalized spacial score (nSPS) is 11.4. The molecule has 0 atom stereocenters. The van der Waals surface area contributed by atoms with Crippen LogP contribution in [0.15, 0.2) is 46.3 Å². The summed E-state index contributed by atoms with van der Waals surface area (Å²) >= 11 is 0.737. The summed E-state index contributed by atoms with van der Waals surface area (Å²) in [7, 11) is 0. The Morgan fingerprint density at radius 1 is 1.19 bits per heavy atom. The van der Waals surface area contributed by atoms with Crippen molar-refractivity contribution >= 4 is 17.7 Å². The fourth-order valence-corrected chi connectivity index (χ4v) is 2.46. The highest BCUT2D eigenvalue weighted by Gasteiger charge is 2.33. The van der Waals surface area contributed by atoms with Gasteiger partial charge in [0, 0.05) is 0 Å². The highest BCUT2D eigenvalue weighted by atomic mass is 32.2. The molecule has 4 nitrogen and oxygen atoms in total. The summed E-state index contributed by atoms with van der Waals surface area (Å²) in [5.41, 5.74) is 3.85. The average molecular weight is 314 g/mol. The number of halogens is 3. The molecule has 0 aliphatic rings. The smallest absolute Gasteiger partial charge is 0.433 e. The highest BCUT2D eigenvalue weighted by molar-refractivity contribution is 7.99. The minimum atomic E-state index is -4.63. The molecule has 0 spiro atoms. The van der Waals surface area contributed by atoms with Gasteiger partial charge in [0.15, 0.2) is 0 Å². The number of carbonyl (C=O) groups excluding carboxylic acids is 1. The van der Waals surface area contributed by atoms with Crippen LogP contribution in [0, 0.1) is 0 Å². The molecule has 1 aromatic carbocycles. The van der Waals surface area contributed by atoms with E-state index in [1.54, 1.807) is 12.1 Å². The van der Waals surface area contributed by atoms with E-state index in [1.807, 2.05) is 0 Å². The van der Waals surface area contributed by atoms with E-state index in [2.05, 4.69) is 4.98 Å². The molecule has 0 bridgehead atoms. The Bertz CT molecular complexity index is 689. The molecule has 0 aliphatic carbocycles. The van der Waals surface area contributed by atoms with Gasteiger partial charge in [0.05, 0.1) is 10.5 Å². The molecule has 3 N–H and O–H groups in total. The summed E-state index contributed by atoms with van der Waals surface area (Å²) in [4.78, 5) is 15.0. The van der Waals surface area contributed by atoms with E-state index in [0.717, 1.165) is 17.8 Å². The summed E-state index contributed by atoms with van der Waals surface area (Å²) in [6, 6.07) is 7.69. The number of benzene rings is 1. The van der Waals surface area contributed by atoms with Gasteiger partial charge in [0.1, 0.15) is 16.5 Å². The summed E-state index contributed by atoms with van der Waals surface area (Å²) in [5, 5.41) is 9.43. The number of alkyl halides is 3. The predicted octanol–water partition coefficient (Wildman–Crippen LogP) is 3.06. The van der Waals surface area contributed by atoms with Crippen LogP contribution in [0.4, 0.5) is 13.2 Å². The van der Waals surface area contributed by atoms with Crippen molar-refractivity contribution < 1.29 is 23.1 Å². The van der Waals surface area contributed by atoms with Gasteiger partial charge in [-0.15, -0.1) is 0 Å². The van der Waals surface area contributed by atoms with Gasteiger partial charge in [-0.25, -0.2) is 4.98 Å². The predicted molar refractivity (Wildman–Crippen MR) is 70.0 cm³/mol. The van der Waals surface area contributed by atoms with Gasteiger partial charge < -0.3 is 10.8 Å². The van der Waals surface area contributed by atoms with Crippen molar-refractivity contribution in [1.82, 2.24) is 4.98 Å². The van der Waals surface area contributed by atoms with Crippen molar-refractivity contribution in [3.05, 3.63) is 47.7 Å². The molecular weight excluding hydrogens is 305 g/mol. The maximum absolute atomic E-state index is 12.7. The van der Waals surface area contributed by atoms with Crippen LogP contribution < -0.4 is 5.73 Å². The highest BCUT2D eigenvalue weighted by Crippen LogP contribution is 2.37. The lowest BCUT2D eigenvalue weighted by Crippen LogP contribution is -2.16. The zero-order chi connectivity index (χ0) is 15.6. The number of rotatable bonds is 3. The Labute approximate surface area is 121 Å². The molecule has 0 saturated carbocycles. The molecule has 1 heterocycles. The standard InChI is InChI=1S/C13H9F3N2O2S/c14-13(15,16)10-6-5-7(11(17)20)12(18-10)21-9-4-2-1-3-8(9)19/h1-6,19H,(H2,17,20). The van der Waals surface area contributed by atoms with E-state index < -0.39 is 17.8 Å². The molecule has 0 aliphatic heterocycles. The van der Waals surface area contributed by atoms with Crippen LogP contribution in [0.25, 0.3) is 0 Å². The summed E-state index contributed by atoms with van der Waals surface area (Å²) in [5.74, 6) is -1.02. The van der Waals surface area contributed by atoms with Crippen molar-refractivity contribution in [2.75, 3.05) is 0 Å². The molecule has 0 unspecified atom stereocenters. The van der Waals surface area contributed by atoms with Crippen molar-refractivity contribution in [3.8, 4) is 5.75 Å². The number of nitrogens with zero attached hydrogens (tertiary/aromatic N) is 1. The lowest BCUT2D eigenvalue weighted by atomic mass is 10.2. The summed E-state index contributed by atoms with van der Waals surface area (Å²) in [6.07, 6.45) is -4.63. The SMILES string of the molecule is NC(=O)c1ccc(C(F)(F)F)nc1Sc1ccccc1O. The molecule has 21 heavy (non-hydrogen) atoms. The Kier molecular flexibility index (Phi) is 4.08. The van der Waals surface area contributed by atoms with E-state index in [4.69, 9.17) is 5.73 Å². The Balaban J connectivity index is 2.49. The van der Waals surface area contributed by atoms with Crippen molar-refractivity contribution in [2.45, 2.75) is 16.1 Å². The molecule has 1 aromatic heterocycles. The number of para-hydroxylation sites is 1. The second kappa shape index (κ2) is 5.65. The number of primary amides is 1. The lowest BCUT2D eigenvalue weighted by molar-refractivity contribution is -0.141. The first-order chi connectivity index (χ1) is 9.79. The van der Waals surface area contributed by atoms with Crippen molar-refractivity contribution in [3.63, 3.8) is 0 Å². The van der Waals surface area contributed by atoms with Crippen LogP contribution in [0.3, 0.4) is 0 Å². The second-order valence-electron chi connectivity index (χ2n) is 3.98. The van der Waals surface area contributed by atoms with E-state index in [-0.39, 0.29) is 21.2 Å². The number of hydrogen-bond acceptors (Lipinski definition) is 4. The number of pyridine rings is 1. The van der Waals surface area contributed by atoms with Crippen molar-refractivity contribution in [1.29, 1.82) is 0 Å². The monoisotopic (exact) mass is 314 g/mol. The Hall–Kier alpha value is -2.22. The van der Waals surface area contributed by atoms with Crippen molar-refractivity contribution in [2.24, 2.45) is 5.73 Å². The third kappa shape index (κ3) is 3.46. The first kappa shape index (κ1) is 15.2. The minimum Gasteiger partial charge on any atom is -0.507 e. The topological polar surface area (TPSA) is 76.2 Å². The zero-order valence-electron chi connectivity index (χ0n) is 10.4. The summed E-state index contributed by atoms with van der Waals surface area (Å²) < 4.78 is 38.0. The van der Waals surface area contributed by atoms with Crippen LogP contribution in [0.5, 0.6) is 5.75 Å². The molecule has 0 radical (unpaired) electrons. The van der Waals surface area contributed by atoms with Gasteiger partial charge >= 0.3 is 6.18 Å². The van der Waals surface area contributed by atoms with Gasteiger partial charge in [0.2, 0.25) is 0 Å². The molecule has 0 saturated heterocycles. The second-order valence-corrected chi connectivity index (χ2v) is 5.01. The third-order valence-corrected chi connectivity index (χ3v) is 3.56. The maximum atomic E-state index is 12.7. The van der Waals surface area contributed by atoms with E-state index in [9.17, 15) is 23.1 Å². The van der Waals surface area contributed by atoms with Gasteiger partial charge in [-0.2, -0.15) is 13.2 Å².